The number of hydrogen-bond donors (Lipinski definition) is 6. The largest absolute Gasteiger partial charge is 0.472 e. The second-order valence-electron chi connectivity index (χ2n) is 7.73. The van der Waals surface area contributed by atoms with Gasteiger partial charge in [0.15, 0.2) is 11.7 Å². The predicted molar refractivity (Wildman–Crippen MR) is 133 cm³/mol. The Kier molecular flexibility index (Phi) is 8.80. The van der Waals surface area contributed by atoms with Gasteiger partial charge in [-0.2, -0.15) is 0 Å². The highest BCUT2D eigenvalue weighted by molar-refractivity contribution is 7.46. The number of ether oxygens (including phenoxy) is 1. The van der Waals surface area contributed by atoms with Crippen LogP contribution < -0.4 is 15.5 Å². The van der Waals surface area contributed by atoms with E-state index in [-0.39, 0.29) is 28.3 Å². The van der Waals surface area contributed by atoms with Crippen molar-refractivity contribution < 1.29 is 42.5 Å². The van der Waals surface area contributed by atoms with Crippen LogP contribution in [0.2, 0.25) is 0 Å². The molecule has 0 radical (unpaired) electrons. The number of anilines is 2. The Hall–Kier alpha value is -4.30. The highest BCUT2D eigenvalue weighted by Crippen LogP contribution is 2.35. The van der Waals surface area contributed by atoms with Gasteiger partial charge >= 0.3 is 13.9 Å². The van der Waals surface area contributed by atoms with Crippen molar-refractivity contribution in [2.45, 2.75) is 20.8 Å². The molecule has 202 valence electrons. The normalized spacial score (nSPS) is 11.1. The predicted octanol–water partition coefficient (Wildman–Crippen LogP) is 2.66. The number of aromatic amines is 1. The van der Waals surface area contributed by atoms with E-state index in [4.69, 9.17) is 19.9 Å². The molecule has 0 aliphatic heterocycles. The lowest BCUT2D eigenvalue weighted by Crippen LogP contribution is -2.39. The minimum atomic E-state index is -4.95. The number of amides is 3. The number of nitrogens with one attached hydrogen (secondary N) is 4. The molecule has 0 spiro atoms. The van der Waals surface area contributed by atoms with Crippen molar-refractivity contribution in [3.8, 4) is 0 Å². The summed E-state index contributed by atoms with van der Waals surface area (Å²) in [5.74, 6) is -1.32. The Balaban J connectivity index is 2.01. The molecule has 0 fully saturated rings. The number of aromatic nitrogens is 2. The van der Waals surface area contributed by atoms with E-state index < -0.39 is 38.4 Å². The molecule has 0 atom stereocenters. The third-order valence-corrected chi connectivity index (χ3v) is 5.60. The van der Waals surface area contributed by atoms with Crippen LogP contribution in [0.3, 0.4) is 0 Å². The number of carbonyl (C=O) groups excluding carboxylic acids is 3. The fourth-order valence-corrected chi connectivity index (χ4v) is 3.51. The van der Waals surface area contributed by atoms with E-state index in [2.05, 4.69) is 29.8 Å². The van der Waals surface area contributed by atoms with Crippen molar-refractivity contribution in [1.82, 2.24) is 15.5 Å². The Morgan fingerprint density at radius 1 is 1.21 bits per heavy atom. The second-order valence-corrected chi connectivity index (χ2v) is 8.97. The third kappa shape index (κ3) is 6.72. The first-order valence-electron chi connectivity index (χ1n) is 11.0. The van der Waals surface area contributed by atoms with E-state index in [1.54, 1.807) is 20.8 Å². The number of benzene rings is 1. The van der Waals surface area contributed by atoms with Crippen LogP contribution in [0, 0.1) is 19.3 Å². The molecular formula is C22H25N6O9P. The zero-order chi connectivity index (χ0) is 28.0. The van der Waals surface area contributed by atoms with E-state index in [0.717, 1.165) is 4.90 Å². The molecule has 15 nitrogen and oxygen atoms in total. The van der Waals surface area contributed by atoms with Gasteiger partial charge in [-0.3, -0.25) is 15.0 Å². The van der Waals surface area contributed by atoms with Crippen LogP contribution >= 0.6 is 7.82 Å². The van der Waals surface area contributed by atoms with Gasteiger partial charge in [-0.1, -0.05) is 11.2 Å². The molecule has 3 rings (SSSR count). The monoisotopic (exact) mass is 548 g/mol. The Morgan fingerprint density at radius 2 is 1.95 bits per heavy atom. The van der Waals surface area contributed by atoms with Gasteiger partial charge in [0.25, 0.3) is 11.8 Å². The molecular weight excluding hydrogens is 523 g/mol. The van der Waals surface area contributed by atoms with E-state index in [1.807, 2.05) is 0 Å². The van der Waals surface area contributed by atoms with Gasteiger partial charge in [0.1, 0.15) is 6.26 Å². The number of rotatable bonds is 9. The number of nitrogens with zero attached hydrogens (tertiary/aromatic N) is 2. The summed E-state index contributed by atoms with van der Waals surface area (Å²) in [6.45, 7) is 4.17. The molecule has 0 saturated heterocycles. The van der Waals surface area contributed by atoms with Gasteiger partial charge in [0.05, 0.1) is 16.9 Å². The summed E-state index contributed by atoms with van der Waals surface area (Å²) in [5.41, 5.74) is 1.23. The molecule has 38 heavy (non-hydrogen) atoms. The maximum atomic E-state index is 13.1. The van der Waals surface area contributed by atoms with Gasteiger partial charge in [-0.25, -0.2) is 18.8 Å². The first-order valence-corrected chi connectivity index (χ1v) is 12.5. The number of carbonyl (C=O) groups is 3. The molecule has 0 bridgehead atoms. The molecule has 1 aromatic carbocycles. The standard InChI is InChI=1S/C22H25N6O9P/c1-4-24-21(30)15-10-25-18(13(15)3)19(23)28(22(31)35-11-37-38(32,33)34)16-9-14(6-5-12(16)2)20(29)26-17-7-8-36-27-17/h5-10,23,25H,4,11H2,1-3H3,(H,24,30)(H,26,27,29)(H2,32,33,34). The number of hydrogen-bond acceptors (Lipinski definition) is 9. The molecule has 0 aliphatic rings. The number of aryl methyl sites for hydroxylation is 1. The van der Waals surface area contributed by atoms with Crippen molar-refractivity contribution in [1.29, 1.82) is 5.41 Å². The SMILES string of the molecule is CCNC(=O)c1c[nH]c(C(=N)N(C(=O)OCOP(=O)(O)O)c2cc(C(=O)Nc3ccon3)ccc2C)c1C. The summed E-state index contributed by atoms with van der Waals surface area (Å²) in [6, 6.07) is 5.74. The number of phosphoric acid groups is 1. The fraction of sp³-hybridized carbons (Fsp3) is 0.227. The van der Waals surface area contributed by atoms with Crippen LogP contribution in [-0.4, -0.2) is 57.0 Å². The molecule has 0 unspecified atom stereocenters. The average Bonchev–Trinajstić information content (AvgIpc) is 3.49. The Bertz CT molecular complexity index is 1400. The van der Waals surface area contributed by atoms with Crippen molar-refractivity contribution >= 4 is 43.1 Å². The maximum absolute atomic E-state index is 13.1. The molecule has 0 aliphatic carbocycles. The minimum Gasteiger partial charge on any atom is -0.421 e. The van der Waals surface area contributed by atoms with Crippen LogP contribution in [0.15, 0.2) is 41.2 Å². The van der Waals surface area contributed by atoms with E-state index >= 15 is 0 Å². The molecule has 0 saturated carbocycles. The van der Waals surface area contributed by atoms with Gasteiger partial charge in [0.2, 0.25) is 6.79 Å². The molecule has 2 aromatic heterocycles. The van der Waals surface area contributed by atoms with Crippen LogP contribution in [0.1, 0.15) is 44.5 Å². The number of amidine groups is 1. The number of phosphoric ester groups is 1. The van der Waals surface area contributed by atoms with Crippen LogP contribution in [0.5, 0.6) is 0 Å². The van der Waals surface area contributed by atoms with E-state index in [9.17, 15) is 18.9 Å². The van der Waals surface area contributed by atoms with E-state index in [1.165, 1.54) is 36.7 Å². The number of H-pyrrole nitrogens is 1. The summed E-state index contributed by atoms with van der Waals surface area (Å²) >= 11 is 0. The van der Waals surface area contributed by atoms with Crippen molar-refractivity contribution in [2.75, 3.05) is 23.6 Å². The molecule has 3 amide bonds. The van der Waals surface area contributed by atoms with Crippen molar-refractivity contribution in [3.63, 3.8) is 0 Å². The van der Waals surface area contributed by atoms with Gasteiger partial charge in [-0.05, 0) is 44.0 Å². The quantitative estimate of drug-likeness (QED) is 0.0993. The summed E-state index contributed by atoms with van der Waals surface area (Å²) in [6.07, 6.45) is 1.40. The van der Waals surface area contributed by atoms with Crippen molar-refractivity contribution in [3.05, 3.63) is 64.7 Å². The zero-order valence-corrected chi connectivity index (χ0v) is 21.4. The van der Waals surface area contributed by atoms with Gasteiger partial charge in [0, 0.05) is 24.4 Å². The highest BCUT2D eigenvalue weighted by Gasteiger charge is 2.29. The van der Waals surface area contributed by atoms with Gasteiger partial charge < -0.3 is 34.7 Å². The summed E-state index contributed by atoms with van der Waals surface area (Å²) < 4.78 is 24.8. The lowest BCUT2D eigenvalue weighted by atomic mass is 10.1. The fourth-order valence-electron chi connectivity index (χ4n) is 3.32. The first-order chi connectivity index (χ1) is 17.9. The lowest BCUT2D eigenvalue weighted by molar-refractivity contribution is 0.0449. The minimum absolute atomic E-state index is 0.0394. The maximum Gasteiger partial charge on any atom is 0.472 e. The van der Waals surface area contributed by atoms with Crippen LogP contribution in [0.25, 0.3) is 0 Å². The summed E-state index contributed by atoms with van der Waals surface area (Å²) in [7, 11) is -4.95. The highest BCUT2D eigenvalue weighted by atomic mass is 31.2. The molecule has 16 heteroatoms. The molecule has 6 N–H and O–H groups in total. The first kappa shape index (κ1) is 28.3. The molecule has 3 aromatic rings. The topological polar surface area (TPSA) is 220 Å². The van der Waals surface area contributed by atoms with E-state index in [0.29, 0.717) is 17.7 Å². The summed E-state index contributed by atoms with van der Waals surface area (Å²) in [5, 5.41) is 17.6. The van der Waals surface area contributed by atoms with Crippen LogP contribution in [-0.2, 0) is 13.8 Å². The summed E-state index contributed by atoms with van der Waals surface area (Å²) in [4.78, 5) is 59.6. The average molecular weight is 548 g/mol. The Labute approximate surface area is 215 Å². The smallest absolute Gasteiger partial charge is 0.421 e. The van der Waals surface area contributed by atoms with Crippen molar-refractivity contribution in [2.24, 2.45) is 0 Å². The van der Waals surface area contributed by atoms with Crippen LogP contribution in [0.4, 0.5) is 16.3 Å². The lowest BCUT2D eigenvalue weighted by Gasteiger charge is -2.25. The third-order valence-electron chi connectivity index (χ3n) is 5.16. The second kappa shape index (κ2) is 11.8. The Morgan fingerprint density at radius 3 is 2.58 bits per heavy atom. The zero-order valence-electron chi connectivity index (χ0n) is 20.5. The van der Waals surface area contributed by atoms with Gasteiger partial charge in [-0.15, -0.1) is 0 Å². The molecule has 2 heterocycles.